The molecular weight excluding hydrogens is 546 g/mol. The highest BCUT2D eigenvalue weighted by Gasteiger charge is 2.34. The van der Waals surface area contributed by atoms with E-state index in [9.17, 15) is 24.0 Å². The molecule has 0 fully saturated rings. The normalized spacial score (nSPS) is 13.7. The van der Waals surface area contributed by atoms with E-state index in [-0.39, 0.29) is 68.9 Å². The zero-order valence-electron chi connectivity index (χ0n) is 22.6. The lowest BCUT2D eigenvalue weighted by Crippen LogP contribution is -2.20. The van der Waals surface area contributed by atoms with Crippen molar-refractivity contribution < 1.29 is 24.0 Å². The van der Waals surface area contributed by atoms with Crippen LogP contribution in [-0.4, -0.2) is 49.0 Å². The number of hydrogen-bond acceptors (Lipinski definition) is 7. The van der Waals surface area contributed by atoms with Gasteiger partial charge in [-0.05, 0) is 17.2 Å². The number of amides is 1. The van der Waals surface area contributed by atoms with Gasteiger partial charge < -0.3 is 15.3 Å². The van der Waals surface area contributed by atoms with Crippen LogP contribution in [0, 0.1) is 0 Å². The molecule has 3 N–H and O–H groups in total. The molecule has 2 aliphatic carbocycles. The average Bonchev–Trinajstić information content (AvgIpc) is 3.65. The number of hydrogen-bond donors (Lipinski definition) is 3. The predicted molar refractivity (Wildman–Crippen MR) is 155 cm³/mol. The summed E-state index contributed by atoms with van der Waals surface area (Å²) < 4.78 is 0. The van der Waals surface area contributed by atoms with Crippen molar-refractivity contribution in [2.75, 3.05) is 0 Å². The van der Waals surface area contributed by atoms with E-state index in [1.54, 1.807) is 54.6 Å². The minimum absolute atomic E-state index is 0.00602. The van der Waals surface area contributed by atoms with E-state index in [0.717, 1.165) is 5.56 Å². The van der Waals surface area contributed by atoms with Crippen LogP contribution >= 0.6 is 0 Å². The Morgan fingerprint density at radius 3 is 1.77 bits per heavy atom. The summed E-state index contributed by atoms with van der Waals surface area (Å²) in [7, 11) is 0. The first-order chi connectivity index (χ1) is 20.8. The Kier molecular flexibility index (Phi) is 5.91. The lowest BCUT2D eigenvalue weighted by Gasteiger charge is -2.11. The van der Waals surface area contributed by atoms with E-state index in [1.807, 2.05) is 24.3 Å². The zero-order chi connectivity index (χ0) is 29.8. The van der Waals surface area contributed by atoms with Crippen LogP contribution in [-0.2, 0) is 11.2 Å². The number of carbonyl (C=O) groups excluding carboxylic acids is 5. The van der Waals surface area contributed by atoms with Gasteiger partial charge in [-0.3, -0.25) is 24.0 Å². The maximum absolute atomic E-state index is 13.0. The number of fused-ring (bicyclic) bond motifs is 4. The van der Waals surface area contributed by atoms with Crippen molar-refractivity contribution in [2.45, 2.75) is 13.3 Å². The van der Waals surface area contributed by atoms with Gasteiger partial charge in [0.25, 0.3) is 0 Å². The number of rotatable bonds is 5. The molecule has 2 heterocycles. The van der Waals surface area contributed by atoms with Gasteiger partial charge in [0.15, 0.2) is 5.82 Å². The van der Waals surface area contributed by atoms with Crippen molar-refractivity contribution in [3.8, 4) is 0 Å². The Bertz CT molecular complexity index is 1980. The molecule has 1 amide bonds. The largest absolute Gasteiger partial charge is 0.338 e. The van der Waals surface area contributed by atoms with Crippen molar-refractivity contribution in [1.82, 2.24) is 25.3 Å². The molecule has 10 heteroatoms. The summed E-state index contributed by atoms with van der Waals surface area (Å²) in [5.41, 5.74) is 3.55. The van der Waals surface area contributed by atoms with Crippen LogP contribution < -0.4 is 5.32 Å². The Labute approximate surface area is 243 Å². The number of aromatic nitrogens is 4. The second kappa shape index (κ2) is 9.81. The highest BCUT2D eigenvalue weighted by molar-refractivity contribution is 6.28. The van der Waals surface area contributed by atoms with Crippen LogP contribution in [0.5, 0.6) is 0 Å². The number of nitrogens with one attached hydrogen (secondary N) is 3. The third kappa shape index (κ3) is 4.32. The number of carbonyl (C=O) groups is 5. The maximum atomic E-state index is 13.0. The minimum atomic E-state index is -0.369. The maximum Gasteiger partial charge on any atom is 0.221 e. The van der Waals surface area contributed by atoms with Crippen LogP contribution in [0.15, 0.2) is 72.8 Å². The van der Waals surface area contributed by atoms with Gasteiger partial charge in [0.05, 0.1) is 5.70 Å². The molecule has 0 spiro atoms. The second-order valence-corrected chi connectivity index (χ2v) is 10.3. The fourth-order valence-electron chi connectivity index (χ4n) is 5.39. The monoisotopic (exact) mass is 567 g/mol. The van der Waals surface area contributed by atoms with Crippen LogP contribution in [0.1, 0.15) is 93.9 Å². The molecule has 0 aliphatic heterocycles. The summed E-state index contributed by atoms with van der Waals surface area (Å²) in [6.45, 7) is 1.35. The Morgan fingerprint density at radius 1 is 0.698 bits per heavy atom. The van der Waals surface area contributed by atoms with Gasteiger partial charge in [-0.25, -0.2) is 9.97 Å². The van der Waals surface area contributed by atoms with E-state index < -0.39 is 0 Å². The summed E-state index contributed by atoms with van der Waals surface area (Å²) in [6.07, 6.45) is 2.03. The van der Waals surface area contributed by atoms with Crippen LogP contribution in [0.25, 0.3) is 11.8 Å². The van der Waals surface area contributed by atoms with Crippen LogP contribution in [0.2, 0.25) is 0 Å². The van der Waals surface area contributed by atoms with Crippen molar-refractivity contribution in [2.24, 2.45) is 0 Å². The molecule has 0 saturated heterocycles. The molecule has 0 atom stereocenters. The van der Waals surface area contributed by atoms with Gasteiger partial charge in [-0.15, -0.1) is 0 Å². The van der Waals surface area contributed by atoms with Crippen LogP contribution in [0.4, 0.5) is 0 Å². The smallest absolute Gasteiger partial charge is 0.221 e. The lowest BCUT2D eigenvalue weighted by atomic mass is 9.90. The number of H-pyrrole nitrogens is 2. The second-order valence-electron chi connectivity index (χ2n) is 10.3. The predicted octanol–water partition coefficient (Wildman–Crippen LogP) is 3.91. The number of aromatic amines is 2. The highest BCUT2D eigenvalue weighted by atomic mass is 16.2. The number of nitrogens with zero attached hydrogens (tertiary/aromatic N) is 2. The Balaban J connectivity index is 1.16. The first-order valence-electron chi connectivity index (χ1n) is 13.4. The SMILES string of the molecule is CC(=O)N/C(=C/c1ccc(Cc2nc3c([nH]2)C(=O)c2ccccc2C3=O)cc1)c1nc2c([nH]1)C(=O)c1ccccc1C2=O. The van der Waals surface area contributed by atoms with Crippen molar-refractivity contribution in [3.63, 3.8) is 0 Å². The summed E-state index contributed by atoms with van der Waals surface area (Å²) in [4.78, 5) is 78.7. The molecule has 2 aliphatic rings. The van der Waals surface area contributed by atoms with Crippen molar-refractivity contribution >= 4 is 40.8 Å². The highest BCUT2D eigenvalue weighted by Crippen LogP contribution is 2.28. The van der Waals surface area contributed by atoms with Crippen LogP contribution in [0.3, 0.4) is 0 Å². The molecule has 5 aromatic rings. The molecule has 43 heavy (non-hydrogen) atoms. The lowest BCUT2D eigenvalue weighted by molar-refractivity contribution is -0.117. The number of ketones is 4. The fourth-order valence-corrected chi connectivity index (χ4v) is 5.39. The third-order valence-corrected chi connectivity index (χ3v) is 7.40. The average molecular weight is 568 g/mol. The van der Waals surface area contributed by atoms with E-state index in [2.05, 4.69) is 25.3 Å². The van der Waals surface area contributed by atoms with Crippen molar-refractivity contribution in [3.05, 3.63) is 141 Å². The Morgan fingerprint density at radius 2 is 1.21 bits per heavy atom. The van der Waals surface area contributed by atoms with Gasteiger partial charge in [-0.2, -0.15) is 0 Å². The van der Waals surface area contributed by atoms with E-state index in [0.29, 0.717) is 34.5 Å². The first kappa shape index (κ1) is 25.9. The van der Waals surface area contributed by atoms with Gasteiger partial charge in [0.2, 0.25) is 29.0 Å². The molecule has 0 radical (unpaired) electrons. The number of imidazole rings is 2. The van der Waals surface area contributed by atoms with E-state index >= 15 is 0 Å². The standard InChI is InChI=1S/C33H21N5O5/c1-16(39)34-23(33-37-27-28(38-33)32(43)22-9-5-4-8-21(22)31(27)42)14-17-10-12-18(13-11-17)15-24-35-25-26(36-24)30(41)20-7-3-2-6-19(20)29(25)40/h2-14H,15H2,1H3,(H,34,39)(H,35,36)(H,37,38)/b23-14+. The molecule has 2 aromatic heterocycles. The quantitative estimate of drug-likeness (QED) is 0.285. The molecule has 208 valence electrons. The molecule has 7 rings (SSSR count). The first-order valence-corrected chi connectivity index (χ1v) is 13.4. The third-order valence-electron chi connectivity index (χ3n) is 7.40. The molecule has 10 nitrogen and oxygen atoms in total. The van der Waals surface area contributed by atoms with Crippen molar-refractivity contribution in [1.29, 1.82) is 0 Å². The van der Waals surface area contributed by atoms with E-state index in [4.69, 9.17) is 0 Å². The van der Waals surface area contributed by atoms with Gasteiger partial charge in [0, 0.05) is 35.6 Å². The van der Waals surface area contributed by atoms with Gasteiger partial charge in [0.1, 0.15) is 28.6 Å². The van der Waals surface area contributed by atoms with Gasteiger partial charge >= 0.3 is 0 Å². The summed E-state index contributed by atoms with van der Waals surface area (Å²) in [6, 6.07) is 20.6. The topological polar surface area (TPSA) is 155 Å². The number of benzene rings is 3. The zero-order valence-corrected chi connectivity index (χ0v) is 22.6. The molecule has 3 aromatic carbocycles. The molecule has 0 saturated carbocycles. The molecule has 0 unspecified atom stereocenters. The van der Waals surface area contributed by atoms with Gasteiger partial charge in [-0.1, -0.05) is 72.8 Å². The molecular formula is C33H21N5O5. The fraction of sp³-hybridized carbons (Fsp3) is 0.0606. The minimum Gasteiger partial charge on any atom is -0.338 e. The summed E-state index contributed by atoms with van der Waals surface area (Å²) in [5.74, 6) is -0.958. The Hall–Kier alpha value is -6.03. The van der Waals surface area contributed by atoms with E-state index in [1.165, 1.54) is 6.92 Å². The molecule has 0 bridgehead atoms. The summed E-state index contributed by atoms with van der Waals surface area (Å²) in [5, 5.41) is 2.73. The summed E-state index contributed by atoms with van der Waals surface area (Å²) >= 11 is 0.